The van der Waals surface area contributed by atoms with Crippen LogP contribution in [-0.2, 0) is 0 Å². The van der Waals surface area contributed by atoms with Gasteiger partial charge in [0.25, 0.3) is 0 Å². The van der Waals surface area contributed by atoms with Crippen LogP contribution in [0.15, 0.2) is 22.5 Å². The maximum atomic E-state index is 4.37. The highest BCUT2D eigenvalue weighted by Crippen LogP contribution is 2.24. The molecule has 1 aromatic rings. The highest BCUT2D eigenvalue weighted by atomic mass is 32.1. The van der Waals surface area contributed by atoms with Gasteiger partial charge in [0.15, 0.2) is 5.96 Å². The summed E-state index contributed by atoms with van der Waals surface area (Å²) in [6.07, 6.45) is 4.75. The summed E-state index contributed by atoms with van der Waals surface area (Å²) in [6, 6.07) is 4.88. The van der Waals surface area contributed by atoms with Gasteiger partial charge in [0.2, 0.25) is 0 Å². The molecule has 0 radical (unpaired) electrons. The van der Waals surface area contributed by atoms with E-state index in [-0.39, 0.29) is 0 Å². The van der Waals surface area contributed by atoms with Crippen LogP contribution in [0.1, 0.15) is 46.5 Å². The molecule has 130 valence electrons. The van der Waals surface area contributed by atoms with Crippen molar-refractivity contribution in [2.45, 2.75) is 52.5 Å². The summed E-state index contributed by atoms with van der Waals surface area (Å²) < 4.78 is 0. The summed E-state index contributed by atoms with van der Waals surface area (Å²) in [5.74, 6) is 0.952. The van der Waals surface area contributed by atoms with Crippen LogP contribution in [0.5, 0.6) is 0 Å². The lowest BCUT2D eigenvalue weighted by Crippen LogP contribution is -2.48. The predicted molar refractivity (Wildman–Crippen MR) is 103 cm³/mol. The molecule has 23 heavy (non-hydrogen) atoms. The highest BCUT2D eigenvalue weighted by Gasteiger charge is 2.20. The molecule has 0 bridgehead atoms. The van der Waals surface area contributed by atoms with E-state index in [4.69, 9.17) is 0 Å². The average molecular weight is 337 g/mol. The van der Waals surface area contributed by atoms with Crippen molar-refractivity contribution in [1.82, 2.24) is 10.6 Å². The van der Waals surface area contributed by atoms with Crippen molar-refractivity contribution < 1.29 is 0 Å². The van der Waals surface area contributed by atoms with E-state index in [1.165, 1.54) is 30.7 Å². The first kappa shape index (κ1) is 18.1. The van der Waals surface area contributed by atoms with Crippen molar-refractivity contribution >= 4 is 22.3 Å². The van der Waals surface area contributed by atoms with E-state index in [0.29, 0.717) is 11.5 Å². The molecule has 0 aromatic carbocycles. The van der Waals surface area contributed by atoms with Gasteiger partial charge in [-0.1, -0.05) is 20.8 Å². The minimum atomic E-state index is 0.410. The van der Waals surface area contributed by atoms with Crippen molar-refractivity contribution in [3.8, 4) is 0 Å². The molecule has 0 unspecified atom stereocenters. The number of rotatable bonds is 5. The lowest BCUT2D eigenvalue weighted by molar-refractivity contribution is 0.365. The minimum Gasteiger partial charge on any atom is -0.363 e. The quantitative estimate of drug-likeness (QED) is 0.489. The second kappa shape index (κ2) is 8.57. The Hall–Kier alpha value is -1.23. The van der Waals surface area contributed by atoms with E-state index in [0.717, 1.165) is 25.6 Å². The van der Waals surface area contributed by atoms with Crippen molar-refractivity contribution in [2.24, 2.45) is 10.4 Å². The molecule has 2 N–H and O–H groups in total. The zero-order valence-corrected chi connectivity index (χ0v) is 15.9. The number of thiophene rings is 1. The fourth-order valence-corrected chi connectivity index (χ4v) is 3.69. The van der Waals surface area contributed by atoms with E-state index in [1.54, 1.807) is 0 Å². The van der Waals surface area contributed by atoms with Gasteiger partial charge in [-0.05, 0) is 48.6 Å². The summed E-state index contributed by atoms with van der Waals surface area (Å²) in [5.41, 5.74) is 0.410. The minimum absolute atomic E-state index is 0.410. The molecule has 0 amide bonds. The molecular weight excluding hydrogens is 304 g/mol. The van der Waals surface area contributed by atoms with E-state index >= 15 is 0 Å². The fraction of sp³-hybridized carbons (Fsp3) is 0.722. The van der Waals surface area contributed by atoms with Crippen molar-refractivity contribution in [3.63, 3.8) is 0 Å². The van der Waals surface area contributed by atoms with Crippen LogP contribution in [0.25, 0.3) is 0 Å². The average Bonchev–Trinajstić information content (AvgIpc) is 3.04. The molecule has 1 fully saturated rings. The smallest absolute Gasteiger partial charge is 0.191 e. The van der Waals surface area contributed by atoms with Gasteiger partial charge in [-0.2, -0.15) is 0 Å². The normalized spacial score (nSPS) is 17.4. The number of piperidine rings is 1. The van der Waals surface area contributed by atoms with E-state index in [2.05, 4.69) is 58.8 Å². The Morgan fingerprint density at radius 3 is 2.65 bits per heavy atom. The second-order valence-electron chi connectivity index (χ2n) is 7.52. The first-order valence-corrected chi connectivity index (χ1v) is 9.61. The van der Waals surface area contributed by atoms with Gasteiger partial charge in [0.1, 0.15) is 0 Å². The Balaban J connectivity index is 1.67. The molecular formula is C18H32N4S. The molecule has 0 saturated carbocycles. The van der Waals surface area contributed by atoms with Crippen molar-refractivity contribution in [2.75, 3.05) is 31.6 Å². The Kier molecular flexibility index (Phi) is 6.75. The first-order valence-electron chi connectivity index (χ1n) is 8.73. The topological polar surface area (TPSA) is 39.7 Å². The van der Waals surface area contributed by atoms with Gasteiger partial charge in [-0.15, -0.1) is 11.3 Å². The van der Waals surface area contributed by atoms with Gasteiger partial charge in [-0.3, -0.25) is 4.99 Å². The second-order valence-corrected chi connectivity index (χ2v) is 8.45. The highest BCUT2D eigenvalue weighted by molar-refractivity contribution is 7.14. The Morgan fingerprint density at radius 1 is 1.35 bits per heavy atom. The number of guanidine groups is 1. The van der Waals surface area contributed by atoms with E-state index in [9.17, 15) is 0 Å². The van der Waals surface area contributed by atoms with Crippen molar-refractivity contribution in [3.05, 3.63) is 17.5 Å². The number of nitrogens with zero attached hydrogens (tertiary/aromatic N) is 2. The number of aliphatic imine (C=N–C) groups is 1. The van der Waals surface area contributed by atoms with Crippen molar-refractivity contribution in [1.29, 1.82) is 0 Å². The number of hydrogen-bond donors (Lipinski definition) is 2. The number of hydrogen-bond acceptors (Lipinski definition) is 3. The van der Waals surface area contributed by atoms with Gasteiger partial charge < -0.3 is 15.5 Å². The third kappa shape index (κ3) is 6.42. The number of nitrogens with one attached hydrogen (secondary N) is 2. The fourth-order valence-electron chi connectivity index (χ4n) is 2.91. The molecule has 2 rings (SSSR count). The van der Waals surface area contributed by atoms with E-state index < -0.39 is 0 Å². The molecule has 4 nitrogen and oxygen atoms in total. The largest absolute Gasteiger partial charge is 0.363 e. The van der Waals surface area contributed by atoms with E-state index in [1.807, 2.05) is 18.4 Å². The zero-order chi connectivity index (χ0) is 16.7. The Morgan fingerprint density at radius 2 is 2.09 bits per heavy atom. The van der Waals surface area contributed by atoms with Crippen LogP contribution >= 0.6 is 11.3 Å². The molecule has 5 heteroatoms. The SMILES string of the molecule is CN=C(NCCCC(C)(C)C)NC1CCN(c2cccs2)CC1. The maximum Gasteiger partial charge on any atom is 0.191 e. The summed E-state index contributed by atoms with van der Waals surface area (Å²) >= 11 is 1.83. The lowest BCUT2D eigenvalue weighted by Gasteiger charge is -2.33. The number of anilines is 1. The van der Waals surface area contributed by atoms with Gasteiger partial charge in [0.05, 0.1) is 5.00 Å². The van der Waals surface area contributed by atoms with Crippen LogP contribution < -0.4 is 15.5 Å². The summed E-state index contributed by atoms with van der Waals surface area (Å²) in [4.78, 5) is 6.86. The monoisotopic (exact) mass is 336 g/mol. The van der Waals surface area contributed by atoms with Crippen LogP contribution in [-0.4, -0.2) is 38.7 Å². The molecule has 1 aliphatic rings. The maximum absolute atomic E-state index is 4.37. The van der Waals surface area contributed by atoms with Crippen LogP contribution in [0.3, 0.4) is 0 Å². The van der Waals surface area contributed by atoms with Crippen LogP contribution in [0.2, 0.25) is 0 Å². The summed E-state index contributed by atoms with van der Waals surface area (Å²) in [6.45, 7) is 10.1. The van der Waals surface area contributed by atoms with Gasteiger partial charge in [-0.25, -0.2) is 0 Å². The molecule has 1 aliphatic heterocycles. The Labute approximate surface area is 145 Å². The molecule has 1 saturated heterocycles. The van der Waals surface area contributed by atoms with Crippen LogP contribution in [0.4, 0.5) is 5.00 Å². The van der Waals surface area contributed by atoms with Gasteiger partial charge in [0, 0.05) is 32.7 Å². The summed E-state index contributed by atoms with van der Waals surface area (Å²) in [7, 11) is 1.86. The molecule has 0 spiro atoms. The Bertz CT molecular complexity index is 468. The van der Waals surface area contributed by atoms with Crippen LogP contribution in [0, 0.1) is 5.41 Å². The zero-order valence-electron chi connectivity index (χ0n) is 15.1. The first-order chi connectivity index (χ1) is 11.0. The molecule has 0 aliphatic carbocycles. The lowest BCUT2D eigenvalue weighted by atomic mass is 9.91. The molecule has 2 heterocycles. The third-order valence-corrected chi connectivity index (χ3v) is 5.20. The molecule has 0 atom stereocenters. The molecule has 1 aromatic heterocycles. The predicted octanol–water partition coefficient (Wildman–Crippen LogP) is 3.71. The van der Waals surface area contributed by atoms with Gasteiger partial charge >= 0.3 is 0 Å². The standard InChI is InChI=1S/C18H32N4S/c1-18(2,3)10-6-11-20-17(19-4)21-15-8-12-22(13-9-15)16-7-5-14-23-16/h5,7,14-15H,6,8-13H2,1-4H3,(H2,19,20,21). The third-order valence-electron chi connectivity index (χ3n) is 4.27. The summed E-state index contributed by atoms with van der Waals surface area (Å²) in [5, 5.41) is 10.6.